The molecule has 1 aliphatic heterocycles. The Labute approximate surface area is 74.4 Å². The van der Waals surface area contributed by atoms with Gasteiger partial charge in [-0.25, -0.2) is 4.79 Å². The van der Waals surface area contributed by atoms with Gasteiger partial charge in [0.25, 0.3) is 5.79 Å². The van der Waals surface area contributed by atoms with Crippen LogP contribution in [0, 0.1) is 0 Å². The van der Waals surface area contributed by atoms with Crippen LogP contribution in [0.25, 0.3) is 0 Å². The number of ether oxygens (including phenoxy) is 1. The molecule has 0 saturated carbocycles. The predicted molar refractivity (Wildman–Crippen MR) is 39.8 cm³/mol. The van der Waals surface area contributed by atoms with Crippen molar-refractivity contribution in [2.24, 2.45) is 0 Å². The highest BCUT2D eigenvalue weighted by molar-refractivity contribution is 5.75. The van der Waals surface area contributed by atoms with Gasteiger partial charge in [0.05, 0.1) is 12.2 Å². The average Bonchev–Trinajstić information content (AvgIpc) is 2.00. The number of aliphatic hydroxyl groups is 3. The van der Waals surface area contributed by atoms with Crippen molar-refractivity contribution in [2.75, 3.05) is 0 Å². The molecular formula is C7H12O6. The average molecular weight is 192 g/mol. The maximum absolute atomic E-state index is 10.5. The summed E-state index contributed by atoms with van der Waals surface area (Å²) in [6.45, 7) is 1.38. The molecule has 1 unspecified atom stereocenters. The summed E-state index contributed by atoms with van der Waals surface area (Å²) in [5.74, 6) is -3.96. The number of hydrogen-bond donors (Lipinski definition) is 4. The van der Waals surface area contributed by atoms with E-state index in [1.54, 1.807) is 0 Å². The lowest BCUT2D eigenvalue weighted by atomic mass is 9.96. The van der Waals surface area contributed by atoms with E-state index in [1.165, 1.54) is 6.92 Å². The number of rotatable bonds is 1. The smallest absolute Gasteiger partial charge is 0.364 e. The van der Waals surface area contributed by atoms with Gasteiger partial charge in [-0.1, -0.05) is 0 Å². The molecule has 1 saturated heterocycles. The molecule has 0 bridgehead atoms. The van der Waals surface area contributed by atoms with E-state index in [9.17, 15) is 20.1 Å². The summed E-state index contributed by atoms with van der Waals surface area (Å²) in [7, 11) is 0. The van der Waals surface area contributed by atoms with Crippen molar-refractivity contribution in [2.45, 2.75) is 37.4 Å². The molecule has 0 amide bonds. The minimum absolute atomic E-state index is 0.534. The van der Waals surface area contributed by atoms with Gasteiger partial charge in [-0.2, -0.15) is 0 Å². The number of carboxylic acid groups (broad SMARTS) is 1. The highest BCUT2D eigenvalue weighted by Gasteiger charge is 2.48. The highest BCUT2D eigenvalue weighted by Crippen LogP contribution is 2.27. The van der Waals surface area contributed by atoms with Crippen molar-refractivity contribution in [1.82, 2.24) is 0 Å². The first kappa shape index (κ1) is 10.4. The van der Waals surface area contributed by atoms with E-state index in [0.29, 0.717) is 0 Å². The van der Waals surface area contributed by atoms with Crippen LogP contribution in [0.3, 0.4) is 0 Å². The number of carbonyl (C=O) groups is 1. The summed E-state index contributed by atoms with van der Waals surface area (Å²) in [6.07, 6.45) is -3.90. The van der Waals surface area contributed by atoms with Crippen LogP contribution in [0.15, 0.2) is 0 Å². The molecule has 4 atom stereocenters. The van der Waals surface area contributed by atoms with Crippen LogP contribution in [0.1, 0.15) is 13.3 Å². The molecule has 1 rings (SSSR count). The zero-order chi connectivity index (χ0) is 10.2. The van der Waals surface area contributed by atoms with Crippen LogP contribution in [0.4, 0.5) is 0 Å². The Morgan fingerprint density at radius 2 is 2.08 bits per heavy atom. The van der Waals surface area contributed by atoms with E-state index in [0.717, 1.165) is 0 Å². The summed E-state index contributed by atoms with van der Waals surface area (Å²) >= 11 is 0. The largest absolute Gasteiger partial charge is 0.477 e. The van der Waals surface area contributed by atoms with E-state index in [-0.39, 0.29) is 0 Å². The normalized spacial score (nSPS) is 46.0. The van der Waals surface area contributed by atoms with Crippen molar-refractivity contribution in [3.05, 3.63) is 0 Å². The molecule has 76 valence electrons. The molecular weight excluding hydrogens is 180 g/mol. The zero-order valence-corrected chi connectivity index (χ0v) is 7.04. The molecule has 4 N–H and O–H groups in total. The van der Waals surface area contributed by atoms with Crippen LogP contribution in [0.2, 0.25) is 0 Å². The fourth-order valence-corrected chi connectivity index (χ4v) is 1.28. The maximum atomic E-state index is 10.5. The van der Waals surface area contributed by atoms with Gasteiger partial charge < -0.3 is 25.2 Å². The lowest BCUT2D eigenvalue weighted by Crippen LogP contribution is -2.57. The van der Waals surface area contributed by atoms with Crippen LogP contribution < -0.4 is 0 Å². The molecule has 1 aliphatic rings. The van der Waals surface area contributed by atoms with Crippen molar-refractivity contribution < 1.29 is 30.0 Å². The molecule has 1 heterocycles. The second-order valence-electron chi connectivity index (χ2n) is 3.17. The van der Waals surface area contributed by atoms with Crippen LogP contribution >= 0.6 is 0 Å². The standard InChI is InChI=1S/C7H12O6/c1-3-5(9)4(8)2-7(12,13-3)6(10)11/h3-5,8-9,12H,2H2,1H3,(H,10,11)/t3?,4-,5+,7+/m0/s1. The quantitative estimate of drug-likeness (QED) is 0.394. The highest BCUT2D eigenvalue weighted by atomic mass is 16.7. The van der Waals surface area contributed by atoms with Gasteiger partial charge in [0.1, 0.15) is 6.10 Å². The second kappa shape index (κ2) is 3.22. The van der Waals surface area contributed by atoms with Gasteiger partial charge in [-0.3, -0.25) is 0 Å². The first-order valence-corrected chi connectivity index (χ1v) is 3.86. The van der Waals surface area contributed by atoms with E-state index >= 15 is 0 Å². The Bertz CT molecular complexity index is 203. The topological polar surface area (TPSA) is 107 Å². The number of aliphatic hydroxyl groups excluding tert-OH is 2. The summed E-state index contributed by atoms with van der Waals surface area (Å²) in [4.78, 5) is 10.5. The molecule has 0 aromatic carbocycles. The molecule has 13 heavy (non-hydrogen) atoms. The second-order valence-corrected chi connectivity index (χ2v) is 3.17. The van der Waals surface area contributed by atoms with Gasteiger partial charge in [0.2, 0.25) is 0 Å². The lowest BCUT2D eigenvalue weighted by molar-refractivity contribution is -0.290. The molecule has 1 fully saturated rings. The summed E-state index contributed by atoms with van der Waals surface area (Å²) < 4.78 is 4.66. The van der Waals surface area contributed by atoms with Gasteiger partial charge in [-0.05, 0) is 6.92 Å². The summed E-state index contributed by atoms with van der Waals surface area (Å²) in [5.41, 5.74) is 0. The minimum atomic E-state index is -2.39. The molecule has 6 nitrogen and oxygen atoms in total. The first-order chi connectivity index (χ1) is 5.87. The van der Waals surface area contributed by atoms with Gasteiger partial charge in [-0.15, -0.1) is 0 Å². The Kier molecular flexibility index (Phi) is 2.58. The minimum Gasteiger partial charge on any atom is -0.477 e. The predicted octanol–water partition coefficient (Wildman–Crippen LogP) is -1.71. The summed E-state index contributed by atoms with van der Waals surface area (Å²) in [5, 5.41) is 36.2. The molecule has 6 heteroatoms. The molecule has 0 aromatic heterocycles. The maximum Gasteiger partial charge on any atom is 0.364 e. The van der Waals surface area contributed by atoms with Gasteiger partial charge in [0.15, 0.2) is 0 Å². The number of aliphatic carboxylic acids is 1. The molecule has 0 aliphatic carbocycles. The third-order valence-corrected chi connectivity index (χ3v) is 2.08. The third-order valence-electron chi connectivity index (χ3n) is 2.08. The Balaban J connectivity index is 2.79. The number of carboxylic acids is 1. The van der Waals surface area contributed by atoms with E-state index in [1.807, 2.05) is 0 Å². The van der Waals surface area contributed by atoms with Crippen molar-refractivity contribution in [3.63, 3.8) is 0 Å². The summed E-state index contributed by atoms with van der Waals surface area (Å²) in [6, 6.07) is 0. The van der Waals surface area contributed by atoms with Crippen molar-refractivity contribution >= 4 is 5.97 Å². The van der Waals surface area contributed by atoms with Crippen molar-refractivity contribution in [3.8, 4) is 0 Å². The molecule has 0 aromatic rings. The van der Waals surface area contributed by atoms with Crippen LogP contribution in [0.5, 0.6) is 0 Å². The van der Waals surface area contributed by atoms with E-state index < -0.39 is 36.5 Å². The fraction of sp³-hybridized carbons (Fsp3) is 0.857. The van der Waals surface area contributed by atoms with E-state index in [2.05, 4.69) is 4.74 Å². The Morgan fingerprint density at radius 3 is 2.46 bits per heavy atom. The van der Waals surface area contributed by atoms with Crippen LogP contribution in [-0.4, -0.2) is 50.5 Å². The zero-order valence-electron chi connectivity index (χ0n) is 7.04. The Hall–Kier alpha value is -0.690. The third kappa shape index (κ3) is 1.80. The van der Waals surface area contributed by atoms with E-state index in [4.69, 9.17) is 5.11 Å². The molecule has 0 spiro atoms. The first-order valence-electron chi connectivity index (χ1n) is 3.86. The van der Waals surface area contributed by atoms with Gasteiger partial charge >= 0.3 is 5.97 Å². The fourth-order valence-electron chi connectivity index (χ4n) is 1.28. The van der Waals surface area contributed by atoms with Gasteiger partial charge in [0, 0.05) is 6.42 Å². The monoisotopic (exact) mass is 192 g/mol. The Morgan fingerprint density at radius 1 is 1.54 bits per heavy atom. The van der Waals surface area contributed by atoms with Crippen molar-refractivity contribution in [1.29, 1.82) is 0 Å². The molecule has 0 radical (unpaired) electrons. The number of hydrogen-bond acceptors (Lipinski definition) is 5. The lowest BCUT2D eigenvalue weighted by Gasteiger charge is -2.38. The van der Waals surface area contributed by atoms with Crippen LogP contribution in [-0.2, 0) is 9.53 Å². The SMILES string of the molecule is CC1O[C@@](O)(C(=O)O)C[C@H](O)[C@@H]1O.